The van der Waals surface area contributed by atoms with Crippen LogP contribution in [0, 0.1) is 5.82 Å². The summed E-state index contributed by atoms with van der Waals surface area (Å²) < 4.78 is 17.7. The fourth-order valence-corrected chi connectivity index (χ4v) is 1.93. The van der Waals surface area contributed by atoms with E-state index < -0.39 is 5.97 Å². The zero-order chi connectivity index (χ0) is 16.7. The Labute approximate surface area is 134 Å². The van der Waals surface area contributed by atoms with E-state index in [1.165, 1.54) is 24.3 Å². The van der Waals surface area contributed by atoms with Gasteiger partial charge in [0.1, 0.15) is 5.82 Å². The molecule has 0 amide bonds. The molecule has 0 aliphatic carbocycles. The van der Waals surface area contributed by atoms with Crippen molar-refractivity contribution in [1.82, 2.24) is 0 Å². The molecule has 0 fully saturated rings. The molecule has 0 spiro atoms. The Kier molecular flexibility index (Phi) is 5.80. The van der Waals surface area contributed by atoms with Crippen molar-refractivity contribution in [3.05, 3.63) is 77.1 Å². The first-order valence-electron chi connectivity index (χ1n) is 7.31. The number of hydrogen-bond donors (Lipinski definition) is 0. The van der Waals surface area contributed by atoms with Gasteiger partial charge >= 0.3 is 5.97 Å². The highest BCUT2D eigenvalue weighted by Gasteiger charge is 2.08. The van der Waals surface area contributed by atoms with Crippen LogP contribution in [0.5, 0.6) is 0 Å². The van der Waals surface area contributed by atoms with Gasteiger partial charge in [-0.3, -0.25) is 4.79 Å². The summed E-state index contributed by atoms with van der Waals surface area (Å²) in [5.74, 6) is -1.21. The maximum absolute atomic E-state index is 12.8. The van der Waals surface area contributed by atoms with E-state index >= 15 is 0 Å². The SMILES string of the molecule is CCc1ccc(C(=O)COC(=O)/C=C/c2ccc(F)cc2)cc1. The zero-order valence-electron chi connectivity index (χ0n) is 12.8. The number of carbonyl (C=O) groups excluding carboxylic acids is 2. The van der Waals surface area contributed by atoms with Gasteiger partial charge in [0, 0.05) is 11.6 Å². The highest BCUT2D eigenvalue weighted by Crippen LogP contribution is 2.07. The second-order valence-electron chi connectivity index (χ2n) is 4.97. The molecule has 2 rings (SSSR count). The van der Waals surface area contributed by atoms with Gasteiger partial charge in [0.2, 0.25) is 0 Å². The summed E-state index contributed by atoms with van der Waals surface area (Å²) in [4.78, 5) is 23.5. The number of rotatable bonds is 6. The largest absolute Gasteiger partial charge is 0.454 e. The van der Waals surface area contributed by atoms with Gasteiger partial charge in [-0.15, -0.1) is 0 Å². The van der Waals surface area contributed by atoms with Crippen LogP contribution in [0.15, 0.2) is 54.6 Å². The Balaban J connectivity index is 1.85. The van der Waals surface area contributed by atoms with Crippen LogP contribution in [0.25, 0.3) is 6.08 Å². The van der Waals surface area contributed by atoms with E-state index in [9.17, 15) is 14.0 Å². The summed E-state index contributed by atoms with van der Waals surface area (Å²) in [5, 5.41) is 0. The molecule has 23 heavy (non-hydrogen) atoms. The number of carbonyl (C=O) groups is 2. The molecule has 0 N–H and O–H groups in total. The molecule has 0 aliphatic rings. The molecular weight excluding hydrogens is 295 g/mol. The molecule has 0 aromatic heterocycles. The molecule has 0 radical (unpaired) electrons. The topological polar surface area (TPSA) is 43.4 Å². The van der Waals surface area contributed by atoms with Gasteiger partial charge in [0.15, 0.2) is 12.4 Å². The number of benzene rings is 2. The second kappa shape index (κ2) is 8.03. The lowest BCUT2D eigenvalue weighted by Crippen LogP contribution is -2.12. The van der Waals surface area contributed by atoms with E-state index in [4.69, 9.17) is 4.74 Å². The third-order valence-electron chi connectivity index (χ3n) is 3.31. The highest BCUT2D eigenvalue weighted by atomic mass is 19.1. The summed E-state index contributed by atoms with van der Waals surface area (Å²) >= 11 is 0. The number of halogens is 1. The predicted molar refractivity (Wildman–Crippen MR) is 86.5 cm³/mol. The normalized spacial score (nSPS) is 10.7. The van der Waals surface area contributed by atoms with Crippen molar-refractivity contribution in [3.8, 4) is 0 Å². The van der Waals surface area contributed by atoms with Crippen LogP contribution < -0.4 is 0 Å². The first-order valence-corrected chi connectivity index (χ1v) is 7.31. The van der Waals surface area contributed by atoms with E-state index in [1.807, 2.05) is 19.1 Å². The van der Waals surface area contributed by atoms with Crippen molar-refractivity contribution >= 4 is 17.8 Å². The van der Waals surface area contributed by atoms with Gasteiger partial charge in [-0.05, 0) is 35.8 Å². The van der Waals surface area contributed by atoms with Crippen LogP contribution >= 0.6 is 0 Å². The number of hydrogen-bond acceptors (Lipinski definition) is 3. The number of esters is 1. The van der Waals surface area contributed by atoms with Gasteiger partial charge in [-0.1, -0.05) is 43.3 Å². The minimum atomic E-state index is -0.618. The molecular formula is C19H17FO3. The summed E-state index contributed by atoms with van der Waals surface area (Å²) in [7, 11) is 0. The van der Waals surface area contributed by atoms with Crippen LogP contribution in [-0.2, 0) is 16.0 Å². The molecule has 118 valence electrons. The van der Waals surface area contributed by atoms with E-state index in [0.29, 0.717) is 11.1 Å². The van der Waals surface area contributed by atoms with E-state index in [0.717, 1.165) is 12.0 Å². The average molecular weight is 312 g/mol. The number of Topliss-reactive ketones (excluding diaryl/α,β-unsaturated/α-hetero) is 1. The molecule has 0 heterocycles. The minimum Gasteiger partial charge on any atom is -0.454 e. The summed E-state index contributed by atoms with van der Waals surface area (Å²) in [6.45, 7) is 1.73. The lowest BCUT2D eigenvalue weighted by Gasteiger charge is -2.03. The zero-order valence-corrected chi connectivity index (χ0v) is 12.8. The maximum atomic E-state index is 12.8. The van der Waals surface area contributed by atoms with Crippen LogP contribution in [0.2, 0.25) is 0 Å². The fourth-order valence-electron chi connectivity index (χ4n) is 1.93. The third-order valence-corrected chi connectivity index (χ3v) is 3.31. The summed E-state index contributed by atoms with van der Waals surface area (Å²) in [6.07, 6.45) is 3.61. The molecule has 4 heteroatoms. The number of ether oxygens (including phenoxy) is 1. The van der Waals surface area contributed by atoms with Crippen LogP contribution in [0.3, 0.4) is 0 Å². The smallest absolute Gasteiger partial charge is 0.331 e. The van der Waals surface area contributed by atoms with E-state index in [-0.39, 0.29) is 18.2 Å². The number of aryl methyl sites for hydroxylation is 1. The lowest BCUT2D eigenvalue weighted by atomic mass is 10.1. The predicted octanol–water partition coefficient (Wildman–Crippen LogP) is 3.83. The Morgan fingerprint density at radius 3 is 2.30 bits per heavy atom. The molecule has 0 atom stereocenters. The van der Waals surface area contributed by atoms with Crippen molar-refractivity contribution in [1.29, 1.82) is 0 Å². The van der Waals surface area contributed by atoms with Crippen molar-refractivity contribution in [3.63, 3.8) is 0 Å². The summed E-state index contributed by atoms with van der Waals surface area (Å²) in [5.41, 5.74) is 2.32. The maximum Gasteiger partial charge on any atom is 0.331 e. The second-order valence-corrected chi connectivity index (χ2v) is 4.97. The van der Waals surface area contributed by atoms with Crippen LogP contribution in [-0.4, -0.2) is 18.4 Å². The van der Waals surface area contributed by atoms with Crippen LogP contribution in [0.1, 0.15) is 28.4 Å². The lowest BCUT2D eigenvalue weighted by molar-refractivity contribution is -0.136. The van der Waals surface area contributed by atoms with Crippen molar-refractivity contribution in [2.75, 3.05) is 6.61 Å². The quantitative estimate of drug-likeness (QED) is 0.462. The first-order chi connectivity index (χ1) is 11.1. The van der Waals surface area contributed by atoms with Crippen molar-refractivity contribution in [2.45, 2.75) is 13.3 Å². The van der Waals surface area contributed by atoms with E-state index in [2.05, 4.69) is 0 Å². The monoisotopic (exact) mass is 312 g/mol. The minimum absolute atomic E-state index is 0.254. The van der Waals surface area contributed by atoms with Crippen molar-refractivity contribution < 1.29 is 18.7 Å². The molecule has 0 aliphatic heterocycles. The van der Waals surface area contributed by atoms with Crippen LogP contribution in [0.4, 0.5) is 4.39 Å². The molecule has 2 aromatic carbocycles. The third kappa shape index (κ3) is 5.18. The Hall–Kier alpha value is -2.75. The van der Waals surface area contributed by atoms with Gasteiger partial charge in [0.25, 0.3) is 0 Å². The highest BCUT2D eigenvalue weighted by molar-refractivity contribution is 5.98. The molecule has 0 saturated carbocycles. The fraction of sp³-hybridized carbons (Fsp3) is 0.158. The molecule has 0 unspecified atom stereocenters. The van der Waals surface area contributed by atoms with Gasteiger partial charge < -0.3 is 4.74 Å². The van der Waals surface area contributed by atoms with Gasteiger partial charge in [-0.2, -0.15) is 0 Å². The number of ketones is 1. The molecule has 3 nitrogen and oxygen atoms in total. The van der Waals surface area contributed by atoms with Gasteiger partial charge in [0.05, 0.1) is 0 Å². The standard InChI is InChI=1S/C19H17FO3/c1-2-14-3-8-16(9-4-14)18(21)13-23-19(22)12-7-15-5-10-17(20)11-6-15/h3-12H,2,13H2,1H3/b12-7+. The first kappa shape index (κ1) is 16.6. The van der Waals surface area contributed by atoms with Gasteiger partial charge in [-0.25, -0.2) is 9.18 Å². The van der Waals surface area contributed by atoms with Crippen molar-refractivity contribution in [2.24, 2.45) is 0 Å². The Bertz CT molecular complexity index is 700. The Morgan fingerprint density at radius 2 is 1.70 bits per heavy atom. The molecule has 2 aromatic rings. The van der Waals surface area contributed by atoms with E-state index in [1.54, 1.807) is 24.3 Å². The Morgan fingerprint density at radius 1 is 1.04 bits per heavy atom. The summed E-state index contributed by atoms with van der Waals surface area (Å²) in [6, 6.07) is 12.9. The molecule has 0 bridgehead atoms. The molecule has 0 saturated heterocycles. The average Bonchev–Trinajstić information content (AvgIpc) is 2.59.